The highest BCUT2D eigenvalue weighted by molar-refractivity contribution is 5.85. The fraction of sp³-hybridized carbons (Fsp3) is 0.500. The van der Waals surface area contributed by atoms with E-state index in [1.54, 1.807) is 13.3 Å². The lowest BCUT2D eigenvalue weighted by atomic mass is 10.0. The van der Waals surface area contributed by atoms with Crippen LogP contribution in [-0.2, 0) is 5.41 Å². The third-order valence-electron chi connectivity index (χ3n) is 2.76. The summed E-state index contributed by atoms with van der Waals surface area (Å²) in [6, 6.07) is 3.96. The van der Waals surface area contributed by atoms with Gasteiger partial charge in [-0.25, -0.2) is 0 Å². The number of ether oxygens (including phenoxy) is 1. The summed E-state index contributed by atoms with van der Waals surface area (Å²) in [7, 11) is 1.65. The van der Waals surface area contributed by atoms with Crippen molar-refractivity contribution in [1.29, 1.82) is 0 Å². The van der Waals surface area contributed by atoms with Gasteiger partial charge >= 0.3 is 0 Å². The van der Waals surface area contributed by atoms with Gasteiger partial charge in [0.25, 0.3) is 0 Å². The first-order chi connectivity index (χ1) is 6.30. The van der Waals surface area contributed by atoms with Gasteiger partial charge in [-0.2, -0.15) is 0 Å². The molecule has 1 aromatic rings. The molecule has 15 heavy (non-hydrogen) atoms. The predicted molar refractivity (Wildman–Crippen MR) is 65.3 cm³/mol. The van der Waals surface area contributed by atoms with Gasteiger partial charge in [0.1, 0.15) is 5.75 Å². The molecule has 0 unspecified atom stereocenters. The van der Waals surface area contributed by atoms with E-state index < -0.39 is 0 Å². The molecular weight excluding hydrogens is 235 g/mol. The summed E-state index contributed by atoms with van der Waals surface area (Å²) in [4.78, 5) is 4.35. The van der Waals surface area contributed by atoms with E-state index in [4.69, 9.17) is 10.5 Å². The second-order valence-corrected chi connectivity index (χ2v) is 3.57. The van der Waals surface area contributed by atoms with Gasteiger partial charge in [0.2, 0.25) is 0 Å². The molecular formula is C10H16Cl2N2O. The van der Waals surface area contributed by atoms with E-state index in [1.807, 2.05) is 12.1 Å². The van der Waals surface area contributed by atoms with Crippen LogP contribution >= 0.6 is 24.8 Å². The molecule has 1 fully saturated rings. The summed E-state index contributed by atoms with van der Waals surface area (Å²) < 4.78 is 5.04. The highest BCUT2D eigenvalue weighted by atomic mass is 35.5. The van der Waals surface area contributed by atoms with E-state index in [1.165, 1.54) is 12.8 Å². The molecule has 3 nitrogen and oxygen atoms in total. The summed E-state index contributed by atoms with van der Waals surface area (Å²) in [5.74, 6) is 0.802. The van der Waals surface area contributed by atoms with Gasteiger partial charge in [-0.3, -0.25) is 4.98 Å². The summed E-state index contributed by atoms with van der Waals surface area (Å²) in [5.41, 5.74) is 6.99. The van der Waals surface area contributed by atoms with E-state index in [0.717, 1.165) is 11.4 Å². The maximum atomic E-state index is 5.70. The molecule has 1 saturated carbocycles. The molecule has 1 aliphatic rings. The van der Waals surface area contributed by atoms with Gasteiger partial charge in [-0.1, -0.05) is 0 Å². The Labute approximate surface area is 102 Å². The Morgan fingerprint density at radius 2 is 2.07 bits per heavy atom. The lowest BCUT2D eigenvalue weighted by Gasteiger charge is -2.11. The van der Waals surface area contributed by atoms with Crippen LogP contribution in [0.1, 0.15) is 18.5 Å². The van der Waals surface area contributed by atoms with Crippen LogP contribution in [0.25, 0.3) is 0 Å². The van der Waals surface area contributed by atoms with Gasteiger partial charge in [0.15, 0.2) is 0 Å². The maximum absolute atomic E-state index is 5.70. The fourth-order valence-corrected chi connectivity index (χ4v) is 1.53. The Hall–Kier alpha value is -0.510. The molecule has 0 spiro atoms. The van der Waals surface area contributed by atoms with E-state index >= 15 is 0 Å². The number of methoxy groups -OCH3 is 1. The van der Waals surface area contributed by atoms with Crippen molar-refractivity contribution in [2.24, 2.45) is 5.73 Å². The first-order valence-corrected chi connectivity index (χ1v) is 4.51. The number of nitrogens with two attached hydrogens (primary N) is 1. The Morgan fingerprint density at radius 1 is 1.40 bits per heavy atom. The molecule has 86 valence electrons. The van der Waals surface area contributed by atoms with Crippen LogP contribution in [0.3, 0.4) is 0 Å². The molecule has 1 aliphatic carbocycles. The first kappa shape index (κ1) is 14.5. The van der Waals surface area contributed by atoms with E-state index in [0.29, 0.717) is 6.54 Å². The highest BCUT2D eigenvalue weighted by Gasteiger charge is 2.44. The van der Waals surface area contributed by atoms with Crippen LogP contribution in [0.2, 0.25) is 0 Å². The molecule has 0 aliphatic heterocycles. The topological polar surface area (TPSA) is 48.1 Å². The number of pyridine rings is 1. The minimum Gasteiger partial charge on any atom is -0.495 e. The zero-order valence-corrected chi connectivity index (χ0v) is 10.2. The van der Waals surface area contributed by atoms with Gasteiger partial charge in [0.05, 0.1) is 13.3 Å². The summed E-state index contributed by atoms with van der Waals surface area (Å²) in [5, 5.41) is 0. The molecule has 2 N–H and O–H groups in total. The quantitative estimate of drug-likeness (QED) is 0.892. The molecule has 1 aromatic heterocycles. The Kier molecular flexibility index (Phi) is 5.35. The third-order valence-corrected chi connectivity index (χ3v) is 2.76. The SMILES string of the molecule is COc1ccc(C2(CN)CC2)nc1.Cl.Cl. The van der Waals surface area contributed by atoms with Crippen molar-refractivity contribution >= 4 is 24.8 Å². The molecule has 0 aromatic carbocycles. The highest BCUT2D eigenvalue weighted by Crippen LogP contribution is 2.46. The Balaban J connectivity index is 0.000000980. The van der Waals surface area contributed by atoms with Crippen molar-refractivity contribution in [1.82, 2.24) is 4.98 Å². The second kappa shape index (κ2) is 5.54. The van der Waals surface area contributed by atoms with Crippen LogP contribution in [0.15, 0.2) is 18.3 Å². The van der Waals surface area contributed by atoms with Crippen molar-refractivity contribution in [3.8, 4) is 5.75 Å². The summed E-state index contributed by atoms with van der Waals surface area (Å²) in [6.07, 6.45) is 4.09. The predicted octanol–water partition coefficient (Wildman–Crippen LogP) is 1.92. The first-order valence-electron chi connectivity index (χ1n) is 4.51. The Morgan fingerprint density at radius 3 is 2.40 bits per heavy atom. The van der Waals surface area contributed by atoms with Crippen molar-refractivity contribution < 1.29 is 4.74 Å². The average Bonchev–Trinajstić information content (AvgIpc) is 2.99. The smallest absolute Gasteiger partial charge is 0.137 e. The lowest BCUT2D eigenvalue weighted by molar-refractivity contribution is 0.412. The summed E-state index contributed by atoms with van der Waals surface area (Å²) in [6.45, 7) is 0.701. The number of rotatable bonds is 3. The minimum atomic E-state index is 0. The third kappa shape index (κ3) is 2.74. The molecule has 0 bridgehead atoms. The normalized spacial score (nSPS) is 15.9. The van der Waals surface area contributed by atoms with Gasteiger partial charge < -0.3 is 10.5 Å². The van der Waals surface area contributed by atoms with Crippen LogP contribution in [-0.4, -0.2) is 18.6 Å². The van der Waals surface area contributed by atoms with Crippen LogP contribution in [0.4, 0.5) is 0 Å². The fourth-order valence-electron chi connectivity index (χ4n) is 1.53. The lowest BCUT2D eigenvalue weighted by Crippen LogP contribution is -2.20. The largest absolute Gasteiger partial charge is 0.495 e. The number of hydrogen-bond donors (Lipinski definition) is 1. The minimum absolute atomic E-state index is 0. The van der Waals surface area contributed by atoms with E-state index in [9.17, 15) is 0 Å². The van der Waals surface area contributed by atoms with E-state index in [2.05, 4.69) is 4.98 Å². The number of nitrogens with zero attached hydrogens (tertiary/aromatic N) is 1. The van der Waals surface area contributed by atoms with Gasteiger partial charge in [0, 0.05) is 17.7 Å². The zero-order chi connectivity index (χ0) is 9.31. The van der Waals surface area contributed by atoms with Crippen LogP contribution < -0.4 is 10.5 Å². The molecule has 0 saturated heterocycles. The molecule has 0 atom stereocenters. The Bertz CT molecular complexity index is 299. The van der Waals surface area contributed by atoms with Crippen LogP contribution in [0.5, 0.6) is 5.75 Å². The second-order valence-electron chi connectivity index (χ2n) is 3.57. The zero-order valence-electron chi connectivity index (χ0n) is 8.60. The van der Waals surface area contributed by atoms with Crippen molar-refractivity contribution in [2.75, 3.05) is 13.7 Å². The summed E-state index contributed by atoms with van der Waals surface area (Å²) >= 11 is 0. The van der Waals surface area contributed by atoms with Gasteiger partial charge in [-0.05, 0) is 25.0 Å². The number of aromatic nitrogens is 1. The maximum Gasteiger partial charge on any atom is 0.137 e. The monoisotopic (exact) mass is 250 g/mol. The van der Waals surface area contributed by atoms with Crippen LogP contribution in [0, 0.1) is 0 Å². The molecule has 0 radical (unpaired) electrons. The molecule has 1 heterocycles. The molecule has 2 rings (SSSR count). The van der Waals surface area contributed by atoms with Crippen molar-refractivity contribution in [3.05, 3.63) is 24.0 Å². The number of halogens is 2. The van der Waals surface area contributed by atoms with E-state index in [-0.39, 0.29) is 30.2 Å². The van der Waals surface area contributed by atoms with Gasteiger partial charge in [-0.15, -0.1) is 24.8 Å². The molecule has 5 heteroatoms. The number of hydrogen-bond acceptors (Lipinski definition) is 3. The standard InChI is InChI=1S/C10H14N2O.2ClH/c1-13-8-2-3-9(12-6-8)10(7-11)4-5-10;;/h2-3,6H,4-5,7,11H2,1H3;2*1H. The average molecular weight is 251 g/mol. The van der Waals surface area contributed by atoms with Crippen molar-refractivity contribution in [3.63, 3.8) is 0 Å². The molecule has 0 amide bonds. The van der Waals surface area contributed by atoms with Crippen molar-refractivity contribution in [2.45, 2.75) is 18.3 Å².